The number of hydrogen-bond donors (Lipinski definition) is 1. The molecule has 0 saturated carbocycles. The summed E-state index contributed by atoms with van der Waals surface area (Å²) in [4.78, 5) is 3.35. The van der Waals surface area contributed by atoms with Crippen LogP contribution in [0.5, 0.6) is 0 Å². The van der Waals surface area contributed by atoms with Gasteiger partial charge in [-0.2, -0.15) is 18.2 Å². The summed E-state index contributed by atoms with van der Waals surface area (Å²) in [6, 6.07) is 2.02. The van der Waals surface area contributed by atoms with Gasteiger partial charge in [0.2, 0.25) is 5.95 Å². The molecule has 2 heterocycles. The lowest BCUT2D eigenvalue weighted by Gasteiger charge is -2.25. The second-order valence-corrected chi connectivity index (χ2v) is 4.60. The van der Waals surface area contributed by atoms with Gasteiger partial charge in [0.25, 0.3) is 5.82 Å². The van der Waals surface area contributed by atoms with E-state index in [1.54, 1.807) is 0 Å². The van der Waals surface area contributed by atoms with Gasteiger partial charge in [0.15, 0.2) is 0 Å². The van der Waals surface area contributed by atoms with Crippen molar-refractivity contribution in [2.75, 3.05) is 11.9 Å². The number of hydrogen-bond acceptors (Lipinski definition) is 3. The fourth-order valence-electron chi connectivity index (χ4n) is 2.28. The lowest BCUT2D eigenvalue weighted by Crippen LogP contribution is -2.25. The standard InChI is InChI=1S/C12H9F5N4/c13-6-1-2-8(14)7(5-6)9-3-4-18-11-19-10(12(15,16)17)20-21(9)11/h1-2,5,9H,3-4H2,(H,18,19,20). The maximum Gasteiger partial charge on any atom is 0.453 e. The molecular weight excluding hydrogens is 295 g/mol. The molecule has 1 aromatic carbocycles. The molecule has 1 N–H and O–H groups in total. The molecule has 9 heteroatoms. The lowest BCUT2D eigenvalue weighted by atomic mass is 10.0. The smallest absolute Gasteiger partial charge is 0.354 e. The van der Waals surface area contributed by atoms with Crippen LogP contribution in [-0.2, 0) is 6.18 Å². The van der Waals surface area contributed by atoms with Crippen LogP contribution < -0.4 is 5.32 Å². The minimum Gasteiger partial charge on any atom is -0.354 e. The van der Waals surface area contributed by atoms with E-state index in [0.29, 0.717) is 0 Å². The Morgan fingerprint density at radius 3 is 2.71 bits per heavy atom. The molecule has 0 saturated heterocycles. The van der Waals surface area contributed by atoms with Gasteiger partial charge >= 0.3 is 6.18 Å². The highest BCUT2D eigenvalue weighted by Gasteiger charge is 2.39. The molecule has 2 aromatic rings. The molecule has 0 amide bonds. The van der Waals surface area contributed by atoms with E-state index < -0.39 is 29.7 Å². The van der Waals surface area contributed by atoms with Gasteiger partial charge in [0.1, 0.15) is 11.6 Å². The summed E-state index contributed by atoms with van der Waals surface area (Å²) in [5.74, 6) is -2.78. The highest BCUT2D eigenvalue weighted by Crippen LogP contribution is 2.34. The number of halogens is 5. The molecule has 112 valence electrons. The Balaban J connectivity index is 2.08. The van der Waals surface area contributed by atoms with Crippen LogP contribution in [0.25, 0.3) is 0 Å². The van der Waals surface area contributed by atoms with Gasteiger partial charge in [0, 0.05) is 12.1 Å². The maximum atomic E-state index is 13.8. The van der Waals surface area contributed by atoms with E-state index in [1.165, 1.54) is 0 Å². The molecule has 1 aliphatic heterocycles. The third-order valence-corrected chi connectivity index (χ3v) is 3.20. The number of aromatic nitrogens is 3. The largest absolute Gasteiger partial charge is 0.453 e. The molecule has 1 unspecified atom stereocenters. The topological polar surface area (TPSA) is 42.7 Å². The van der Waals surface area contributed by atoms with E-state index in [-0.39, 0.29) is 24.5 Å². The van der Waals surface area contributed by atoms with Gasteiger partial charge in [0.05, 0.1) is 6.04 Å². The van der Waals surface area contributed by atoms with Gasteiger partial charge in [-0.05, 0) is 24.6 Å². The number of rotatable bonds is 1. The third kappa shape index (κ3) is 2.43. The fourth-order valence-corrected chi connectivity index (χ4v) is 2.28. The molecule has 0 radical (unpaired) electrons. The highest BCUT2D eigenvalue weighted by atomic mass is 19.4. The Kier molecular flexibility index (Phi) is 3.07. The SMILES string of the molecule is Fc1ccc(F)c(C2CCNc3nc(C(F)(F)F)nn32)c1. The number of fused-ring (bicyclic) bond motifs is 1. The van der Waals surface area contributed by atoms with E-state index >= 15 is 0 Å². The van der Waals surface area contributed by atoms with Gasteiger partial charge < -0.3 is 5.32 Å². The van der Waals surface area contributed by atoms with Gasteiger partial charge in [-0.15, -0.1) is 5.10 Å². The molecule has 0 bridgehead atoms. The van der Waals surface area contributed by atoms with Crippen LogP contribution in [0.15, 0.2) is 18.2 Å². The van der Waals surface area contributed by atoms with Crippen molar-refractivity contribution in [3.05, 3.63) is 41.2 Å². The highest BCUT2D eigenvalue weighted by molar-refractivity contribution is 5.34. The first-order valence-corrected chi connectivity index (χ1v) is 6.09. The number of nitrogens with one attached hydrogen (secondary N) is 1. The van der Waals surface area contributed by atoms with Crippen molar-refractivity contribution in [3.8, 4) is 0 Å². The summed E-state index contributed by atoms with van der Waals surface area (Å²) in [6.45, 7) is 0.288. The second kappa shape index (κ2) is 4.68. The number of anilines is 1. The van der Waals surface area contributed by atoms with Crippen molar-refractivity contribution in [1.29, 1.82) is 0 Å². The molecule has 3 rings (SSSR count). The van der Waals surface area contributed by atoms with E-state index in [4.69, 9.17) is 0 Å². The molecule has 1 atom stereocenters. The second-order valence-electron chi connectivity index (χ2n) is 4.60. The van der Waals surface area contributed by atoms with Crippen LogP contribution in [-0.4, -0.2) is 21.3 Å². The van der Waals surface area contributed by atoms with Crippen molar-refractivity contribution < 1.29 is 22.0 Å². The van der Waals surface area contributed by atoms with E-state index in [1.807, 2.05) is 0 Å². The molecule has 0 spiro atoms. The number of benzene rings is 1. The Morgan fingerprint density at radius 2 is 2.00 bits per heavy atom. The molecule has 1 aliphatic rings. The van der Waals surface area contributed by atoms with E-state index in [9.17, 15) is 22.0 Å². The predicted molar refractivity (Wildman–Crippen MR) is 62.6 cm³/mol. The Morgan fingerprint density at radius 1 is 1.24 bits per heavy atom. The monoisotopic (exact) mass is 304 g/mol. The average molecular weight is 304 g/mol. The Hall–Kier alpha value is -2.19. The zero-order valence-corrected chi connectivity index (χ0v) is 10.5. The first kappa shape index (κ1) is 13.8. The van der Waals surface area contributed by atoms with Crippen molar-refractivity contribution in [2.45, 2.75) is 18.6 Å². The van der Waals surface area contributed by atoms with Crippen LogP contribution >= 0.6 is 0 Å². The summed E-state index contributed by atoms with van der Waals surface area (Å²) < 4.78 is 66.0. The summed E-state index contributed by atoms with van der Waals surface area (Å²) in [5, 5.41) is 6.04. The fraction of sp³-hybridized carbons (Fsp3) is 0.333. The first-order chi connectivity index (χ1) is 9.86. The van der Waals surface area contributed by atoms with Crippen molar-refractivity contribution in [2.24, 2.45) is 0 Å². The molecule has 1 aromatic heterocycles. The van der Waals surface area contributed by atoms with Crippen molar-refractivity contribution >= 4 is 5.95 Å². The molecule has 0 fully saturated rings. The lowest BCUT2D eigenvalue weighted by molar-refractivity contribution is -0.145. The van der Waals surface area contributed by atoms with Gasteiger partial charge in [-0.25, -0.2) is 13.5 Å². The van der Waals surface area contributed by atoms with Gasteiger partial charge in [-0.3, -0.25) is 0 Å². The van der Waals surface area contributed by atoms with Crippen LogP contribution in [0.2, 0.25) is 0 Å². The van der Waals surface area contributed by atoms with Crippen LogP contribution in [0.3, 0.4) is 0 Å². The van der Waals surface area contributed by atoms with E-state index in [2.05, 4.69) is 15.4 Å². The van der Waals surface area contributed by atoms with E-state index in [0.717, 1.165) is 22.9 Å². The minimum atomic E-state index is -4.70. The average Bonchev–Trinajstić information content (AvgIpc) is 2.85. The van der Waals surface area contributed by atoms with Gasteiger partial charge in [-0.1, -0.05) is 0 Å². The summed E-state index contributed by atoms with van der Waals surface area (Å²) in [7, 11) is 0. The molecule has 21 heavy (non-hydrogen) atoms. The summed E-state index contributed by atoms with van der Waals surface area (Å²) in [6.07, 6.45) is -4.43. The summed E-state index contributed by atoms with van der Waals surface area (Å²) in [5.41, 5.74) is -0.0450. The summed E-state index contributed by atoms with van der Waals surface area (Å²) >= 11 is 0. The molecular formula is C12H9F5N4. The predicted octanol–water partition coefficient (Wildman–Crippen LogP) is 2.98. The number of alkyl halides is 3. The minimum absolute atomic E-state index is 0.0450. The third-order valence-electron chi connectivity index (χ3n) is 3.20. The molecule has 4 nitrogen and oxygen atoms in total. The maximum absolute atomic E-state index is 13.8. The Labute approximate surface area is 115 Å². The van der Waals surface area contributed by atoms with Crippen LogP contribution in [0.1, 0.15) is 23.9 Å². The van der Waals surface area contributed by atoms with Crippen molar-refractivity contribution in [3.63, 3.8) is 0 Å². The normalized spacial score (nSPS) is 18.2. The zero-order chi connectivity index (χ0) is 15.2. The quantitative estimate of drug-likeness (QED) is 0.824. The van der Waals surface area contributed by atoms with Crippen LogP contribution in [0.4, 0.5) is 27.9 Å². The van der Waals surface area contributed by atoms with Crippen molar-refractivity contribution in [1.82, 2.24) is 14.8 Å². The number of nitrogens with zero attached hydrogens (tertiary/aromatic N) is 3. The first-order valence-electron chi connectivity index (χ1n) is 6.09. The van der Waals surface area contributed by atoms with Crippen LogP contribution in [0, 0.1) is 11.6 Å². The Bertz CT molecular complexity index is 679. The molecule has 0 aliphatic carbocycles. The zero-order valence-electron chi connectivity index (χ0n) is 10.5.